The number of thioether (sulfide) groups is 1. The maximum absolute atomic E-state index is 12.9. The van der Waals surface area contributed by atoms with Gasteiger partial charge >= 0.3 is 0 Å². The van der Waals surface area contributed by atoms with Gasteiger partial charge in [0.2, 0.25) is 5.91 Å². The number of benzene rings is 2. The normalized spacial score (nSPS) is 23.3. The molecule has 1 aliphatic heterocycles. The largest absolute Gasteiger partial charge is 0.356 e. The summed E-state index contributed by atoms with van der Waals surface area (Å²) in [7, 11) is 0. The number of rotatable bonds is 9. The second kappa shape index (κ2) is 12.4. The first-order valence-electron chi connectivity index (χ1n) is 12.8. The summed E-state index contributed by atoms with van der Waals surface area (Å²) in [6, 6.07) is 21.0. The third-order valence-electron chi connectivity index (χ3n) is 6.95. The number of nitrogens with one attached hydrogen (secondary N) is 2. The molecule has 3 atom stereocenters. The molecule has 6 heteroatoms. The lowest BCUT2D eigenvalue weighted by molar-refractivity contribution is -0.127. The van der Waals surface area contributed by atoms with E-state index < -0.39 is 0 Å². The predicted molar refractivity (Wildman–Crippen MR) is 145 cm³/mol. The van der Waals surface area contributed by atoms with Crippen LogP contribution in [0, 0.1) is 5.92 Å². The summed E-state index contributed by atoms with van der Waals surface area (Å²) in [6.45, 7) is 7.00. The number of hydrogen-bond donors (Lipinski definition) is 2. The van der Waals surface area contributed by atoms with E-state index in [1.807, 2.05) is 42.5 Å². The third kappa shape index (κ3) is 7.21. The third-order valence-corrected chi connectivity index (χ3v) is 8.38. The maximum atomic E-state index is 12.9. The highest BCUT2D eigenvalue weighted by atomic mass is 32.2. The van der Waals surface area contributed by atoms with Crippen LogP contribution in [-0.2, 0) is 16.1 Å². The SMILES string of the molecule is CC(C)N(CCCNC(=O)C1CCC2S/C(=C\c3ccccc3)C(=O)NC2C1)Cc1ccccc1. The van der Waals surface area contributed by atoms with E-state index in [2.05, 4.69) is 53.6 Å². The molecule has 2 aromatic rings. The van der Waals surface area contributed by atoms with Crippen LogP contribution in [-0.4, -0.2) is 47.1 Å². The van der Waals surface area contributed by atoms with Crippen molar-refractivity contribution >= 4 is 29.7 Å². The highest BCUT2D eigenvalue weighted by molar-refractivity contribution is 8.04. The summed E-state index contributed by atoms with van der Waals surface area (Å²) >= 11 is 1.67. The molecular weight excluding hydrogens is 454 g/mol. The fraction of sp³-hybridized carbons (Fsp3) is 0.448. The number of fused-ring (bicyclic) bond motifs is 1. The van der Waals surface area contributed by atoms with Gasteiger partial charge in [-0.3, -0.25) is 14.5 Å². The molecule has 0 spiro atoms. The summed E-state index contributed by atoms with van der Waals surface area (Å²) in [5, 5.41) is 6.68. The van der Waals surface area contributed by atoms with E-state index in [1.54, 1.807) is 11.8 Å². The first kappa shape index (κ1) is 25.5. The van der Waals surface area contributed by atoms with Gasteiger partial charge in [-0.05, 0) is 56.7 Å². The lowest BCUT2D eigenvalue weighted by Crippen LogP contribution is -2.51. The average molecular weight is 492 g/mol. The van der Waals surface area contributed by atoms with Crippen molar-refractivity contribution < 1.29 is 9.59 Å². The predicted octanol–water partition coefficient (Wildman–Crippen LogP) is 4.84. The first-order chi connectivity index (χ1) is 17.0. The van der Waals surface area contributed by atoms with E-state index >= 15 is 0 Å². The van der Waals surface area contributed by atoms with Gasteiger partial charge in [-0.15, -0.1) is 11.8 Å². The summed E-state index contributed by atoms with van der Waals surface area (Å²) in [6.07, 6.45) is 5.43. The Labute approximate surface area is 213 Å². The topological polar surface area (TPSA) is 61.4 Å². The monoisotopic (exact) mass is 491 g/mol. The minimum atomic E-state index is -0.0256. The second-order valence-electron chi connectivity index (χ2n) is 9.86. The number of hydrogen-bond acceptors (Lipinski definition) is 4. The molecule has 4 rings (SSSR count). The molecule has 1 saturated heterocycles. The van der Waals surface area contributed by atoms with Crippen molar-refractivity contribution in [2.24, 2.45) is 5.92 Å². The molecule has 2 aromatic carbocycles. The van der Waals surface area contributed by atoms with Gasteiger partial charge in [0.25, 0.3) is 5.91 Å². The number of carbonyl (C=O) groups excluding carboxylic acids is 2. The van der Waals surface area contributed by atoms with Crippen LogP contribution in [0.3, 0.4) is 0 Å². The quantitative estimate of drug-likeness (QED) is 0.389. The molecular formula is C29H37N3O2S. The van der Waals surface area contributed by atoms with E-state index in [0.717, 1.165) is 49.2 Å². The smallest absolute Gasteiger partial charge is 0.257 e. The Balaban J connectivity index is 1.22. The van der Waals surface area contributed by atoms with Crippen molar-refractivity contribution in [3.63, 3.8) is 0 Å². The van der Waals surface area contributed by atoms with Crippen LogP contribution in [0.15, 0.2) is 65.6 Å². The fourth-order valence-corrected chi connectivity index (χ4v) is 6.20. The fourth-order valence-electron chi connectivity index (χ4n) is 4.91. The Morgan fingerprint density at radius 3 is 2.54 bits per heavy atom. The Hall–Kier alpha value is -2.57. The summed E-state index contributed by atoms with van der Waals surface area (Å²) < 4.78 is 0. The molecule has 0 radical (unpaired) electrons. The molecule has 186 valence electrons. The Kier molecular flexibility index (Phi) is 9.05. The van der Waals surface area contributed by atoms with Gasteiger partial charge in [0.15, 0.2) is 0 Å². The van der Waals surface area contributed by atoms with Gasteiger partial charge in [-0.1, -0.05) is 60.7 Å². The minimum Gasteiger partial charge on any atom is -0.356 e. The zero-order valence-corrected chi connectivity index (χ0v) is 21.6. The van der Waals surface area contributed by atoms with Crippen molar-refractivity contribution in [3.8, 4) is 0 Å². The molecule has 0 bridgehead atoms. The van der Waals surface area contributed by atoms with Crippen molar-refractivity contribution in [1.29, 1.82) is 0 Å². The molecule has 2 amide bonds. The van der Waals surface area contributed by atoms with Crippen molar-refractivity contribution in [1.82, 2.24) is 15.5 Å². The second-order valence-corrected chi connectivity index (χ2v) is 11.1. The lowest BCUT2D eigenvalue weighted by Gasteiger charge is -2.39. The summed E-state index contributed by atoms with van der Waals surface area (Å²) in [5.41, 5.74) is 2.35. The van der Waals surface area contributed by atoms with Crippen LogP contribution >= 0.6 is 11.8 Å². The van der Waals surface area contributed by atoms with Crippen LogP contribution in [0.1, 0.15) is 50.7 Å². The molecule has 35 heavy (non-hydrogen) atoms. The molecule has 3 unspecified atom stereocenters. The molecule has 1 saturated carbocycles. The van der Waals surface area contributed by atoms with Gasteiger partial charge < -0.3 is 10.6 Å². The Bertz CT molecular complexity index is 1010. The van der Waals surface area contributed by atoms with Crippen LogP contribution in [0.25, 0.3) is 6.08 Å². The zero-order chi connectivity index (χ0) is 24.6. The van der Waals surface area contributed by atoms with Gasteiger partial charge in [-0.25, -0.2) is 0 Å². The number of carbonyl (C=O) groups is 2. The standard InChI is InChI=1S/C29H37N3O2S/c1-21(2)32(20-23-12-7-4-8-13-23)17-9-16-30-28(33)24-14-15-26-25(19-24)31-29(34)27(35-26)18-22-10-5-3-6-11-22/h3-8,10-13,18,21,24-26H,9,14-17,19-20H2,1-2H3,(H,30,33)(H,31,34)/b27-18-. The van der Waals surface area contributed by atoms with Gasteiger partial charge in [-0.2, -0.15) is 0 Å². The van der Waals surface area contributed by atoms with Crippen molar-refractivity contribution in [3.05, 3.63) is 76.7 Å². The van der Waals surface area contributed by atoms with Gasteiger partial charge in [0.05, 0.1) is 4.91 Å². The van der Waals surface area contributed by atoms with E-state index in [-0.39, 0.29) is 23.8 Å². The Morgan fingerprint density at radius 1 is 1.11 bits per heavy atom. The molecule has 1 aliphatic carbocycles. The molecule has 1 heterocycles. The van der Waals surface area contributed by atoms with Crippen LogP contribution < -0.4 is 10.6 Å². The lowest BCUT2D eigenvalue weighted by atomic mass is 9.84. The van der Waals surface area contributed by atoms with Crippen molar-refractivity contribution in [2.45, 2.75) is 63.4 Å². The first-order valence-corrected chi connectivity index (χ1v) is 13.7. The highest BCUT2D eigenvalue weighted by Gasteiger charge is 2.39. The highest BCUT2D eigenvalue weighted by Crippen LogP contribution is 2.39. The molecule has 2 aliphatic rings. The molecule has 0 aromatic heterocycles. The minimum absolute atomic E-state index is 0.0200. The van der Waals surface area contributed by atoms with Gasteiger partial charge in [0.1, 0.15) is 0 Å². The maximum Gasteiger partial charge on any atom is 0.257 e. The molecule has 2 N–H and O–H groups in total. The van der Waals surface area contributed by atoms with Gasteiger partial charge in [0, 0.05) is 42.9 Å². The van der Waals surface area contributed by atoms with E-state index in [4.69, 9.17) is 0 Å². The van der Waals surface area contributed by atoms with E-state index in [9.17, 15) is 9.59 Å². The summed E-state index contributed by atoms with van der Waals surface area (Å²) in [4.78, 5) is 28.8. The Morgan fingerprint density at radius 2 is 1.83 bits per heavy atom. The molecule has 2 fully saturated rings. The van der Waals surface area contributed by atoms with E-state index in [0.29, 0.717) is 17.8 Å². The van der Waals surface area contributed by atoms with Crippen LogP contribution in [0.5, 0.6) is 0 Å². The number of amides is 2. The molecule has 5 nitrogen and oxygen atoms in total. The van der Waals surface area contributed by atoms with Crippen LogP contribution in [0.4, 0.5) is 0 Å². The zero-order valence-electron chi connectivity index (χ0n) is 20.8. The average Bonchev–Trinajstić information content (AvgIpc) is 2.87. The summed E-state index contributed by atoms with van der Waals surface area (Å²) in [5.74, 6) is 0.0863. The van der Waals surface area contributed by atoms with E-state index in [1.165, 1.54) is 5.56 Å². The van der Waals surface area contributed by atoms with Crippen LogP contribution in [0.2, 0.25) is 0 Å². The number of nitrogens with zero attached hydrogens (tertiary/aromatic N) is 1. The van der Waals surface area contributed by atoms with Crippen molar-refractivity contribution in [2.75, 3.05) is 13.1 Å².